The molecule has 5 rings (SSSR count). The van der Waals surface area contributed by atoms with Gasteiger partial charge in [0.1, 0.15) is 18.2 Å². The van der Waals surface area contributed by atoms with Crippen molar-refractivity contribution in [1.82, 2.24) is 0 Å². The number of anilines is 1. The number of hydrogen-bond donors (Lipinski definition) is 0. The van der Waals surface area contributed by atoms with Gasteiger partial charge in [0.2, 0.25) is 6.79 Å². The van der Waals surface area contributed by atoms with Gasteiger partial charge >= 0.3 is 0 Å². The van der Waals surface area contributed by atoms with Crippen LogP contribution in [0.2, 0.25) is 0 Å². The van der Waals surface area contributed by atoms with E-state index in [1.807, 2.05) is 49.4 Å². The average Bonchev–Trinajstić information content (AvgIpc) is 3.53. The lowest BCUT2D eigenvalue weighted by atomic mass is 10.1. The number of hydrogen-bond acceptors (Lipinski definition) is 6. The molecule has 7 heteroatoms. The van der Waals surface area contributed by atoms with Crippen LogP contribution in [-0.2, 0) is 17.8 Å². The highest BCUT2D eigenvalue weighted by molar-refractivity contribution is 6.12. The topological polar surface area (TPSA) is 81.0 Å². The molecule has 0 N–H and O–H groups in total. The predicted molar refractivity (Wildman–Crippen MR) is 131 cm³/mol. The molecule has 3 aromatic rings. The number of benzene rings is 3. The summed E-state index contributed by atoms with van der Waals surface area (Å²) in [4.78, 5) is 14.8. The number of amides is 1. The van der Waals surface area contributed by atoms with E-state index in [1.54, 1.807) is 29.2 Å². The van der Waals surface area contributed by atoms with Crippen LogP contribution in [0, 0.1) is 11.3 Å². The Bertz CT molecular complexity index is 1340. The second-order valence-corrected chi connectivity index (χ2v) is 8.12. The van der Waals surface area contributed by atoms with Crippen LogP contribution in [0.15, 0.2) is 66.2 Å². The first-order valence-electron chi connectivity index (χ1n) is 11.5. The lowest BCUT2D eigenvalue weighted by molar-refractivity contribution is -0.114. The third-order valence-corrected chi connectivity index (χ3v) is 5.89. The molecule has 2 aliphatic heterocycles. The summed E-state index contributed by atoms with van der Waals surface area (Å²) in [5, 5.41) is 9.73. The second-order valence-electron chi connectivity index (χ2n) is 8.12. The van der Waals surface area contributed by atoms with E-state index in [0.29, 0.717) is 42.6 Å². The molecule has 176 valence electrons. The molecule has 0 radical (unpaired) electrons. The largest absolute Gasteiger partial charge is 0.490 e. The summed E-state index contributed by atoms with van der Waals surface area (Å²) in [6.45, 7) is 3.44. The Morgan fingerprint density at radius 1 is 1.06 bits per heavy atom. The van der Waals surface area contributed by atoms with Crippen molar-refractivity contribution in [3.05, 3.63) is 82.9 Å². The zero-order valence-corrected chi connectivity index (χ0v) is 19.3. The SMILES string of the molecule is CCOc1cc(C=C(C#N)C(=O)N2CCc3ccccc32)ccc1OCc1ccc2c(c1)OCO2. The van der Waals surface area contributed by atoms with Gasteiger partial charge in [0.15, 0.2) is 23.0 Å². The number of nitriles is 1. The molecular formula is C28H24N2O5. The second kappa shape index (κ2) is 9.82. The predicted octanol–water partition coefficient (Wildman–Crippen LogP) is 4.89. The summed E-state index contributed by atoms with van der Waals surface area (Å²) < 4.78 is 22.6. The highest BCUT2D eigenvalue weighted by atomic mass is 16.7. The van der Waals surface area contributed by atoms with Gasteiger partial charge in [-0.15, -0.1) is 0 Å². The first-order valence-corrected chi connectivity index (χ1v) is 11.5. The van der Waals surface area contributed by atoms with Crippen molar-refractivity contribution in [2.24, 2.45) is 0 Å². The normalized spacial score (nSPS) is 13.8. The van der Waals surface area contributed by atoms with Crippen molar-refractivity contribution in [2.75, 3.05) is 24.8 Å². The van der Waals surface area contributed by atoms with Gasteiger partial charge in [-0.1, -0.05) is 30.3 Å². The van der Waals surface area contributed by atoms with E-state index >= 15 is 0 Å². The Morgan fingerprint density at radius 3 is 2.77 bits per heavy atom. The molecule has 0 unspecified atom stereocenters. The summed E-state index contributed by atoms with van der Waals surface area (Å²) in [7, 11) is 0. The van der Waals surface area contributed by atoms with Crippen LogP contribution < -0.4 is 23.8 Å². The molecule has 2 aliphatic rings. The fourth-order valence-electron chi connectivity index (χ4n) is 4.20. The fourth-order valence-corrected chi connectivity index (χ4v) is 4.20. The van der Waals surface area contributed by atoms with Crippen molar-refractivity contribution in [1.29, 1.82) is 5.26 Å². The Morgan fingerprint density at radius 2 is 1.91 bits per heavy atom. The van der Waals surface area contributed by atoms with Gasteiger partial charge in [0.25, 0.3) is 5.91 Å². The Kier molecular flexibility index (Phi) is 6.27. The van der Waals surface area contributed by atoms with Gasteiger partial charge in [-0.25, -0.2) is 0 Å². The average molecular weight is 469 g/mol. The molecule has 35 heavy (non-hydrogen) atoms. The molecule has 0 saturated carbocycles. The number of para-hydroxylation sites is 1. The van der Waals surface area contributed by atoms with Crippen LogP contribution in [0.3, 0.4) is 0 Å². The highest BCUT2D eigenvalue weighted by Gasteiger charge is 2.26. The first-order chi connectivity index (χ1) is 17.2. The van der Waals surface area contributed by atoms with Gasteiger partial charge < -0.3 is 23.8 Å². The standard InChI is InChI=1S/C28H24N2O5/c1-2-32-26-14-19(7-9-24(26)33-17-20-8-10-25-27(15-20)35-18-34-25)13-22(16-29)28(31)30-12-11-21-5-3-4-6-23(21)30/h3-10,13-15H,2,11-12,17-18H2,1H3. The molecule has 0 aromatic heterocycles. The number of ether oxygens (including phenoxy) is 4. The summed E-state index contributed by atoms with van der Waals surface area (Å²) >= 11 is 0. The maximum absolute atomic E-state index is 13.1. The molecule has 1 amide bonds. The summed E-state index contributed by atoms with van der Waals surface area (Å²) in [5.74, 6) is 2.22. The third-order valence-electron chi connectivity index (χ3n) is 5.89. The van der Waals surface area contributed by atoms with E-state index < -0.39 is 0 Å². The third kappa shape index (κ3) is 4.64. The summed E-state index contributed by atoms with van der Waals surface area (Å²) in [6, 6.07) is 20.9. The monoisotopic (exact) mass is 468 g/mol. The van der Waals surface area contributed by atoms with Gasteiger partial charge in [-0.2, -0.15) is 5.26 Å². The molecule has 0 aliphatic carbocycles. The number of carbonyl (C=O) groups excluding carboxylic acids is 1. The van der Waals surface area contributed by atoms with Crippen LogP contribution >= 0.6 is 0 Å². The van der Waals surface area contributed by atoms with Crippen molar-refractivity contribution in [3.63, 3.8) is 0 Å². The van der Waals surface area contributed by atoms with Gasteiger partial charge in [-0.3, -0.25) is 4.79 Å². The van der Waals surface area contributed by atoms with Crippen LogP contribution in [0.5, 0.6) is 23.0 Å². The Labute approximate surface area is 203 Å². The zero-order chi connectivity index (χ0) is 24.2. The van der Waals surface area contributed by atoms with Gasteiger partial charge in [-0.05, 0) is 66.4 Å². The van der Waals surface area contributed by atoms with Crippen LogP contribution in [0.4, 0.5) is 5.69 Å². The molecule has 0 atom stereocenters. The lowest BCUT2D eigenvalue weighted by Gasteiger charge is -2.17. The number of rotatable bonds is 7. The number of nitrogens with zero attached hydrogens (tertiary/aromatic N) is 2. The quantitative estimate of drug-likeness (QED) is 0.363. The molecular weight excluding hydrogens is 444 g/mol. The van der Waals surface area contributed by atoms with Crippen LogP contribution in [0.25, 0.3) is 6.08 Å². The molecule has 0 spiro atoms. The highest BCUT2D eigenvalue weighted by Crippen LogP contribution is 2.34. The zero-order valence-electron chi connectivity index (χ0n) is 19.3. The maximum atomic E-state index is 13.1. The van der Waals surface area contributed by atoms with Crippen molar-refractivity contribution in [2.45, 2.75) is 20.0 Å². The van der Waals surface area contributed by atoms with Crippen LogP contribution in [0.1, 0.15) is 23.6 Å². The van der Waals surface area contributed by atoms with Crippen molar-refractivity contribution < 1.29 is 23.7 Å². The van der Waals surface area contributed by atoms with E-state index in [2.05, 4.69) is 6.07 Å². The van der Waals surface area contributed by atoms with Gasteiger partial charge in [0.05, 0.1) is 6.61 Å². The number of carbonyl (C=O) groups is 1. The van der Waals surface area contributed by atoms with E-state index in [0.717, 1.165) is 29.0 Å². The Hall–Kier alpha value is -4.44. The first kappa shape index (κ1) is 22.4. The smallest absolute Gasteiger partial charge is 0.268 e. The molecule has 0 saturated heterocycles. The van der Waals surface area contributed by atoms with Crippen LogP contribution in [-0.4, -0.2) is 25.9 Å². The summed E-state index contributed by atoms with van der Waals surface area (Å²) in [6.07, 6.45) is 2.37. The van der Waals surface area contributed by atoms with E-state index in [1.165, 1.54) is 0 Å². The van der Waals surface area contributed by atoms with Crippen molar-refractivity contribution >= 4 is 17.7 Å². The summed E-state index contributed by atoms with van der Waals surface area (Å²) in [5.41, 5.74) is 3.66. The molecule has 3 aromatic carbocycles. The van der Waals surface area contributed by atoms with E-state index in [9.17, 15) is 10.1 Å². The number of fused-ring (bicyclic) bond motifs is 2. The Balaban J connectivity index is 1.34. The van der Waals surface area contributed by atoms with Crippen molar-refractivity contribution in [3.8, 4) is 29.1 Å². The minimum atomic E-state index is -0.307. The molecule has 0 bridgehead atoms. The lowest BCUT2D eigenvalue weighted by Crippen LogP contribution is -2.29. The van der Waals surface area contributed by atoms with Gasteiger partial charge in [0, 0.05) is 12.2 Å². The minimum absolute atomic E-state index is 0.0678. The molecule has 2 heterocycles. The fraction of sp³-hybridized carbons (Fsp3) is 0.214. The van der Waals surface area contributed by atoms with E-state index in [-0.39, 0.29) is 18.3 Å². The molecule has 7 nitrogen and oxygen atoms in total. The molecule has 0 fully saturated rings. The minimum Gasteiger partial charge on any atom is -0.490 e. The maximum Gasteiger partial charge on any atom is 0.268 e. The van der Waals surface area contributed by atoms with E-state index in [4.69, 9.17) is 18.9 Å².